The Kier molecular flexibility index (Phi) is 6.30. The minimum Gasteiger partial charge on any atom is -0.353 e. The Morgan fingerprint density at radius 3 is 2.67 bits per heavy atom. The first-order chi connectivity index (χ1) is 14.5. The van der Waals surface area contributed by atoms with E-state index in [-0.39, 0.29) is 11.9 Å². The number of hydrogen-bond acceptors (Lipinski definition) is 4. The first-order valence-electron chi connectivity index (χ1n) is 10.6. The van der Waals surface area contributed by atoms with Gasteiger partial charge in [-0.3, -0.25) is 14.7 Å². The van der Waals surface area contributed by atoms with E-state index in [2.05, 4.69) is 63.0 Å². The first-order valence-corrected chi connectivity index (χ1v) is 11.5. The number of nitrogens with one attached hydrogen (secondary N) is 1. The fraction of sp³-hybridized carbons (Fsp3) is 0.360. The molecule has 0 saturated carbocycles. The molecule has 1 atom stereocenters. The van der Waals surface area contributed by atoms with E-state index in [9.17, 15) is 4.79 Å². The van der Waals surface area contributed by atoms with E-state index in [1.165, 1.54) is 21.6 Å². The number of carbonyl (C=O) groups is 1. The van der Waals surface area contributed by atoms with E-state index >= 15 is 0 Å². The van der Waals surface area contributed by atoms with Gasteiger partial charge in [0.25, 0.3) is 0 Å². The van der Waals surface area contributed by atoms with Crippen molar-refractivity contribution in [2.75, 3.05) is 13.1 Å². The molecule has 1 saturated heterocycles. The topological polar surface area (TPSA) is 45.2 Å². The number of thiophene rings is 1. The molecule has 0 aliphatic carbocycles. The lowest BCUT2D eigenvalue weighted by Gasteiger charge is -2.29. The van der Waals surface area contributed by atoms with Gasteiger partial charge < -0.3 is 5.32 Å². The van der Waals surface area contributed by atoms with E-state index in [0.29, 0.717) is 0 Å². The van der Waals surface area contributed by atoms with Gasteiger partial charge in [-0.15, -0.1) is 11.3 Å². The second-order valence-electron chi connectivity index (χ2n) is 8.58. The highest BCUT2D eigenvalue weighted by Crippen LogP contribution is 2.36. The molecule has 0 bridgehead atoms. The van der Waals surface area contributed by atoms with Crippen LogP contribution in [0.1, 0.15) is 31.4 Å². The van der Waals surface area contributed by atoms with Crippen LogP contribution in [0.2, 0.25) is 0 Å². The molecule has 1 aliphatic rings. The first kappa shape index (κ1) is 20.8. The number of carbonyl (C=O) groups excluding carboxylic acids is 1. The lowest BCUT2D eigenvalue weighted by Crippen LogP contribution is -2.46. The van der Waals surface area contributed by atoms with Crippen LogP contribution in [-0.2, 0) is 17.8 Å². The van der Waals surface area contributed by atoms with Crippen molar-refractivity contribution >= 4 is 17.2 Å². The molecule has 4 nitrogen and oxygen atoms in total. The van der Waals surface area contributed by atoms with Gasteiger partial charge in [-0.25, -0.2) is 0 Å². The summed E-state index contributed by atoms with van der Waals surface area (Å²) in [4.78, 5) is 21.2. The van der Waals surface area contributed by atoms with Crippen molar-refractivity contribution in [3.8, 4) is 10.4 Å². The molecule has 4 rings (SSSR count). The lowest BCUT2D eigenvalue weighted by molar-refractivity contribution is -0.131. The molecule has 0 spiro atoms. The zero-order valence-electron chi connectivity index (χ0n) is 17.7. The van der Waals surface area contributed by atoms with Crippen LogP contribution >= 0.6 is 11.3 Å². The van der Waals surface area contributed by atoms with Crippen molar-refractivity contribution < 1.29 is 4.79 Å². The van der Waals surface area contributed by atoms with Crippen molar-refractivity contribution in [3.63, 3.8) is 0 Å². The number of rotatable bonds is 7. The molecule has 2 aromatic heterocycles. The largest absolute Gasteiger partial charge is 0.353 e. The Bertz CT molecular complexity index is 954. The quantitative estimate of drug-likeness (QED) is 0.600. The van der Waals surface area contributed by atoms with Crippen LogP contribution in [0.3, 0.4) is 0 Å². The monoisotopic (exact) mass is 419 g/mol. The summed E-state index contributed by atoms with van der Waals surface area (Å²) >= 11 is 1.75. The number of amides is 1. The molecule has 3 heterocycles. The number of nitrogens with zero attached hydrogens (tertiary/aromatic N) is 2. The maximum absolute atomic E-state index is 13.3. The van der Waals surface area contributed by atoms with Gasteiger partial charge in [-0.2, -0.15) is 0 Å². The predicted molar refractivity (Wildman–Crippen MR) is 123 cm³/mol. The number of hydrogen-bond donors (Lipinski definition) is 1. The molecule has 0 radical (unpaired) electrons. The number of benzene rings is 1. The van der Waals surface area contributed by atoms with Gasteiger partial charge in [0.15, 0.2) is 0 Å². The van der Waals surface area contributed by atoms with Crippen LogP contribution in [0.5, 0.6) is 0 Å². The highest BCUT2D eigenvalue weighted by Gasteiger charge is 2.44. The molecule has 1 N–H and O–H groups in total. The van der Waals surface area contributed by atoms with Gasteiger partial charge in [-0.05, 0) is 67.4 Å². The zero-order valence-corrected chi connectivity index (χ0v) is 18.5. The number of pyridine rings is 1. The van der Waals surface area contributed by atoms with Crippen molar-refractivity contribution in [1.82, 2.24) is 15.2 Å². The van der Waals surface area contributed by atoms with Crippen LogP contribution in [-0.4, -0.2) is 34.9 Å². The molecule has 1 fully saturated rings. The third kappa shape index (κ3) is 4.79. The smallest absolute Gasteiger partial charge is 0.228 e. The average molecular weight is 420 g/mol. The standard InChI is InChI=1S/C25H29N3OS/c1-19(2)27-24(29)25(11-13-28(18-25)17-21-5-3-12-26-16-21)15-20-7-9-22(10-8-20)23-6-4-14-30-23/h3-10,12,14,16,19H,11,13,15,17-18H2,1-2H3,(H,27,29)/t25-/m1/s1. The van der Waals surface area contributed by atoms with Crippen LogP contribution in [0.15, 0.2) is 66.3 Å². The van der Waals surface area contributed by atoms with E-state index in [1.807, 2.05) is 26.1 Å². The summed E-state index contributed by atoms with van der Waals surface area (Å²) in [5, 5.41) is 5.29. The Hall–Kier alpha value is -2.50. The van der Waals surface area contributed by atoms with E-state index in [1.54, 1.807) is 17.5 Å². The van der Waals surface area contributed by atoms with Gasteiger partial charge >= 0.3 is 0 Å². The maximum atomic E-state index is 13.3. The molecule has 156 valence electrons. The summed E-state index contributed by atoms with van der Waals surface area (Å²) in [6.07, 6.45) is 5.35. The average Bonchev–Trinajstić information content (AvgIpc) is 3.40. The van der Waals surface area contributed by atoms with E-state index < -0.39 is 5.41 Å². The maximum Gasteiger partial charge on any atom is 0.228 e. The minimum atomic E-state index is -0.392. The summed E-state index contributed by atoms with van der Waals surface area (Å²) in [6, 6.07) is 17.2. The van der Waals surface area contributed by atoms with Crippen molar-refractivity contribution in [2.45, 2.75) is 39.3 Å². The fourth-order valence-corrected chi connectivity index (χ4v) is 5.02. The van der Waals surface area contributed by atoms with Crippen LogP contribution in [0.25, 0.3) is 10.4 Å². The van der Waals surface area contributed by atoms with Crippen LogP contribution in [0, 0.1) is 5.41 Å². The molecule has 5 heteroatoms. The molecular formula is C25H29N3OS. The molecule has 1 aliphatic heterocycles. The summed E-state index contributed by atoms with van der Waals surface area (Å²) < 4.78 is 0. The van der Waals surface area contributed by atoms with Gasteiger partial charge in [0.1, 0.15) is 0 Å². The Morgan fingerprint density at radius 1 is 1.17 bits per heavy atom. The van der Waals surface area contributed by atoms with Crippen molar-refractivity contribution in [1.29, 1.82) is 0 Å². The summed E-state index contributed by atoms with van der Waals surface area (Å²) in [5.41, 5.74) is 3.26. The Labute approximate surface area is 183 Å². The summed E-state index contributed by atoms with van der Waals surface area (Å²) in [5.74, 6) is 0.175. The third-order valence-electron chi connectivity index (χ3n) is 5.77. The van der Waals surface area contributed by atoms with Gasteiger partial charge in [0.05, 0.1) is 5.41 Å². The second kappa shape index (κ2) is 9.11. The zero-order chi connectivity index (χ0) is 21.0. The summed E-state index contributed by atoms with van der Waals surface area (Å²) in [6.45, 7) is 6.59. The molecule has 30 heavy (non-hydrogen) atoms. The van der Waals surface area contributed by atoms with E-state index in [0.717, 1.165) is 32.5 Å². The van der Waals surface area contributed by atoms with Gasteiger partial charge in [0.2, 0.25) is 5.91 Å². The van der Waals surface area contributed by atoms with Crippen molar-refractivity contribution in [2.24, 2.45) is 5.41 Å². The SMILES string of the molecule is CC(C)NC(=O)[C@@]1(Cc2ccc(-c3cccs3)cc2)CCN(Cc2cccnc2)C1. The highest BCUT2D eigenvalue weighted by molar-refractivity contribution is 7.13. The second-order valence-corrected chi connectivity index (χ2v) is 9.53. The Morgan fingerprint density at radius 2 is 2.00 bits per heavy atom. The van der Waals surface area contributed by atoms with Crippen molar-refractivity contribution in [3.05, 3.63) is 77.4 Å². The summed E-state index contributed by atoms with van der Waals surface area (Å²) in [7, 11) is 0. The van der Waals surface area contributed by atoms with E-state index in [4.69, 9.17) is 0 Å². The molecule has 1 amide bonds. The third-order valence-corrected chi connectivity index (χ3v) is 6.68. The molecule has 3 aromatic rings. The van der Waals surface area contributed by atoms with Crippen LogP contribution < -0.4 is 5.32 Å². The highest BCUT2D eigenvalue weighted by atomic mass is 32.1. The minimum absolute atomic E-state index is 0.142. The molecular weight excluding hydrogens is 390 g/mol. The molecule has 0 unspecified atom stereocenters. The number of aromatic nitrogens is 1. The molecule has 1 aromatic carbocycles. The number of likely N-dealkylation sites (tertiary alicyclic amines) is 1. The fourth-order valence-electron chi connectivity index (χ4n) is 4.29. The van der Waals surface area contributed by atoms with Gasteiger partial charge in [-0.1, -0.05) is 36.4 Å². The lowest BCUT2D eigenvalue weighted by atomic mass is 9.79. The van der Waals surface area contributed by atoms with Crippen LogP contribution in [0.4, 0.5) is 0 Å². The predicted octanol–water partition coefficient (Wildman–Crippen LogP) is 4.77. The Balaban J connectivity index is 1.52. The van der Waals surface area contributed by atoms with Gasteiger partial charge in [0, 0.05) is 36.4 Å². The normalized spacial score (nSPS) is 19.3.